The van der Waals surface area contributed by atoms with Crippen molar-refractivity contribution in [3.8, 4) is 0 Å². The predicted molar refractivity (Wildman–Crippen MR) is 70.0 cm³/mol. The van der Waals surface area contributed by atoms with Crippen LogP contribution in [0.3, 0.4) is 0 Å². The van der Waals surface area contributed by atoms with Crippen molar-refractivity contribution < 1.29 is 19.0 Å². The zero-order chi connectivity index (χ0) is 13.7. The number of hydrogen-bond acceptors (Lipinski definition) is 4. The summed E-state index contributed by atoms with van der Waals surface area (Å²) in [4.78, 5) is 14.0. The molecule has 0 saturated carbocycles. The number of nitrogens with zero attached hydrogens (tertiary/aromatic N) is 1. The number of carbonyl (C=O) groups is 1. The van der Waals surface area contributed by atoms with Crippen LogP contribution in [0.1, 0.15) is 13.3 Å². The molecular weight excluding hydrogens is 246 g/mol. The van der Waals surface area contributed by atoms with Gasteiger partial charge in [-0.1, -0.05) is 6.08 Å². The van der Waals surface area contributed by atoms with E-state index in [-0.39, 0.29) is 5.91 Å². The summed E-state index contributed by atoms with van der Waals surface area (Å²) in [5, 5.41) is 0. The number of amides is 1. The Morgan fingerprint density at radius 1 is 1.42 bits per heavy atom. The first-order valence-electron chi connectivity index (χ1n) is 6.41. The normalized spacial score (nSPS) is 22.2. The third-order valence-electron chi connectivity index (χ3n) is 3.03. The van der Waals surface area contributed by atoms with E-state index in [1.165, 1.54) is 0 Å². The fraction of sp³-hybridized carbons (Fsp3) is 0.500. The number of carbonyl (C=O) groups excluding carboxylic acids is 1. The summed E-state index contributed by atoms with van der Waals surface area (Å²) in [5.74, 6) is 1.64. The van der Waals surface area contributed by atoms with Gasteiger partial charge in [-0.3, -0.25) is 4.79 Å². The highest BCUT2D eigenvalue weighted by atomic mass is 16.5. The van der Waals surface area contributed by atoms with Gasteiger partial charge in [-0.05, 0) is 19.1 Å². The fourth-order valence-corrected chi connectivity index (χ4v) is 2.03. The van der Waals surface area contributed by atoms with Gasteiger partial charge in [-0.25, -0.2) is 0 Å². The van der Waals surface area contributed by atoms with Crippen LogP contribution in [0.15, 0.2) is 35.5 Å². The second-order valence-electron chi connectivity index (χ2n) is 4.27. The second kappa shape index (κ2) is 6.43. The monoisotopic (exact) mass is 265 g/mol. The number of ether oxygens (including phenoxy) is 3. The van der Waals surface area contributed by atoms with Crippen molar-refractivity contribution >= 4 is 5.91 Å². The molecular formula is C14H19NO4. The first-order valence-corrected chi connectivity index (χ1v) is 6.41. The maximum Gasteiger partial charge on any atom is 0.289 e. The minimum atomic E-state index is -0.0748. The summed E-state index contributed by atoms with van der Waals surface area (Å²) in [6.45, 7) is 4.31. The third kappa shape index (κ3) is 3.17. The van der Waals surface area contributed by atoms with Gasteiger partial charge in [0.05, 0.1) is 20.3 Å². The second-order valence-corrected chi connectivity index (χ2v) is 4.27. The molecule has 104 valence electrons. The van der Waals surface area contributed by atoms with E-state index in [4.69, 9.17) is 14.2 Å². The SMILES string of the molecule is C/C=C\C(OC)=C1/CC=C(C(=O)N2CCOCC2)O1. The highest BCUT2D eigenvalue weighted by Crippen LogP contribution is 2.26. The minimum Gasteiger partial charge on any atom is -0.493 e. The molecule has 0 atom stereocenters. The summed E-state index contributed by atoms with van der Waals surface area (Å²) in [5.41, 5.74) is 0. The Morgan fingerprint density at radius 3 is 2.79 bits per heavy atom. The van der Waals surface area contributed by atoms with E-state index < -0.39 is 0 Å². The van der Waals surface area contributed by atoms with E-state index in [1.54, 1.807) is 18.1 Å². The standard InChI is InChI=1S/C14H19NO4/c1-3-4-11(17-2)12-5-6-13(19-12)14(16)15-7-9-18-10-8-15/h3-4,6H,5,7-10H2,1-2H3/b4-3-,12-11-. The van der Waals surface area contributed by atoms with Crippen molar-refractivity contribution in [3.63, 3.8) is 0 Å². The molecule has 2 rings (SSSR count). The molecule has 0 bridgehead atoms. The molecule has 0 spiro atoms. The smallest absolute Gasteiger partial charge is 0.289 e. The van der Waals surface area contributed by atoms with Gasteiger partial charge < -0.3 is 19.1 Å². The molecule has 0 aromatic heterocycles. The van der Waals surface area contributed by atoms with Crippen LogP contribution in [0.5, 0.6) is 0 Å². The lowest BCUT2D eigenvalue weighted by molar-refractivity contribution is -0.133. The molecule has 0 N–H and O–H groups in total. The number of allylic oxidation sites excluding steroid dienone is 3. The van der Waals surface area contributed by atoms with Crippen molar-refractivity contribution in [1.82, 2.24) is 4.90 Å². The van der Waals surface area contributed by atoms with Crippen LogP contribution in [0, 0.1) is 0 Å². The third-order valence-corrected chi connectivity index (χ3v) is 3.03. The van der Waals surface area contributed by atoms with E-state index in [0.29, 0.717) is 50.0 Å². The maximum atomic E-state index is 12.2. The van der Waals surface area contributed by atoms with E-state index in [9.17, 15) is 4.79 Å². The Hall–Kier alpha value is -1.75. The van der Waals surface area contributed by atoms with Crippen LogP contribution < -0.4 is 0 Å². The van der Waals surface area contributed by atoms with Crippen molar-refractivity contribution in [3.05, 3.63) is 35.5 Å². The van der Waals surface area contributed by atoms with E-state index in [2.05, 4.69) is 0 Å². The fourth-order valence-electron chi connectivity index (χ4n) is 2.03. The Balaban J connectivity index is 2.02. The molecule has 1 saturated heterocycles. The Kier molecular flexibility index (Phi) is 4.63. The summed E-state index contributed by atoms with van der Waals surface area (Å²) in [6, 6.07) is 0. The van der Waals surface area contributed by atoms with E-state index in [1.807, 2.05) is 19.1 Å². The average molecular weight is 265 g/mol. The molecule has 0 unspecified atom stereocenters. The summed E-state index contributed by atoms with van der Waals surface area (Å²) in [6.07, 6.45) is 6.08. The minimum absolute atomic E-state index is 0.0748. The van der Waals surface area contributed by atoms with Gasteiger partial charge in [0.1, 0.15) is 0 Å². The van der Waals surface area contributed by atoms with Crippen LogP contribution in [-0.4, -0.2) is 44.2 Å². The highest BCUT2D eigenvalue weighted by Gasteiger charge is 2.26. The van der Waals surface area contributed by atoms with Crippen molar-refractivity contribution in [1.29, 1.82) is 0 Å². The van der Waals surface area contributed by atoms with Gasteiger partial charge in [0, 0.05) is 19.5 Å². The zero-order valence-electron chi connectivity index (χ0n) is 11.3. The molecule has 0 aliphatic carbocycles. The number of hydrogen-bond donors (Lipinski definition) is 0. The van der Waals surface area contributed by atoms with Crippen LogP contribution in [-0.2, 0) is 19.0 Å². The van der Waals surface area contributed by atoms with Gasteiger partial charge in [0.25, 0.3) is 5.91 Å². The number of morpholine rings is 1. The number of rotatable bonds is 3. The molecule has 0 radical (unpaired) electrons. The zero-order valence-corrected chi connectivity index (χ0v) is 11.3. The van der Waals surface area contributed by atoms with Crippen LogP contribution in [0.4, 0.5) is 0 Å². The first-order chi connectivity index (χ1) is 9.26. The molecule has 19 heavy (non-hydrogen) atoms. The maximum absolute atomic E-state index is 12.2. The van der Waals surface area contributed by atoms with Gasteiger partial charge in [-0.2, -0.15) is 0 Å². The molecule has 0 aromatic carbocycles. The molecule has 5 nitrogen and oxygen atoms in total. The summed E-state index contributed by atoms with van der Waals surface area (Å²) < 4.78 is 16.1. The summed E-state index contributed by atoms with van der Waals surface area (Å²) >= 11 is 0. The lowest BCUT2D eigenvalue weighted by Crippen LogP contribution is -2.41. The molecule has 0 aromatic rings. The van der Waals surface area contributed by atoms with Crippen LogP contribution >= 0.6 is 0 Å². The quantitative estimate of drug-likeness (QED) is 0.727. The Morgan fingerprint density at radius 2 is 2.16 bits per heavy atom. The van der Waals surface area contributed by atoms with Gasteiger partial charge in [-0.15, -0.1) is 0 Å². The highest BCUT2D eigenvalue weighted by molar-refractivity contribution is 5.92. The van der Waals surface area contributed by atoms with Gasteiger partial charge in [0.15, 0.2) is 17.3 Å². The molecule has 2 heterocycles. The van der Waals surface area contributed by atoms with Crippen molar-refractivity contribution in [2.45, 2.75) is 13.3 Å². The molecule has 1 amide bonds. The average Bonchev–Trinajstić information content (AvgIpc) is 2.94. The van der Waals surface area contributed by atoms with Crippen molar-refractivity contribution in [2.24, 2.45) is 0 Å². The van der Waals surface area contributed by atoms with Gasteiger partial charge >= 0.3 is 0 Å². The topological polar surface area (TPSA) is 48.0 Å². The van der Waals surface area contributed by atoms with E-state index >= 15 is 0 Å². The van der Waals surface area contributed by atoms with Crippen LogP contribution in [0.2, 0.25) is 0 Å². The lowest BCUT2D eigenvalue weighted by Gasteiger charge is -2.26. The van der Waals surface area contributed by atoms with E-state index in [0.717, 1.165) is 0 Å². The number of methoxy groups -OCH3 is 1. The largest absolute Gasteiger partial charge is 0.493 e. The van der Waals surface area contributed by atoms with Crippen LogP contribution in [0.25, 0.3) is 0 Å². The molecule has 2 aliphatic rings. The molecule has 5 heteroatoms. The summed E-state index contributed by atoms with van der Waals surface area (Å²) in [7, 11) is 1.59. The first kappa shape index (κ1) is 13.7. The molecule has 2 aliphatic heterocycles. The Labute approximate surface area is 113 Å². The lowest BCUT2D eigenvalue weighted by atomic mass is 10.3. The predicted octanol–water partition coefficient (Wildman–Crippen LogP) is 1.58. The van der Waals surface area contributed by atoms with Crippen molar-refractivity contribution in [2.75, 3.05) is 33.4 Å². The van der Waals surface area contributed by atoms with Gasteiger partial charge in [0.2, 0.25) is 0 Å². The Bertz CT molecular complexity index is 431. The molecule has 1 fully saturated rings.